The van der Waals surface area contributed by atoms with Crippen molar-refractivity contribution in [3.63, 3.8) is 0 Å². The molecule has 0 fully saturated rings. The van der Waals surface area contributed by atoms with Gasteiger partial charge in [-0.15, -0.1) is 0 Å². The van der Waals surface area contributed by atoms with Crippen molar-refractivity contribution < 1.29 is 0 Å². The summed E-state index contributed by atoms with van der Waals surface area (Å²) in [6.45, 7) is 0. The first-order valence-electron chi connectivity index (χ1n) is 15.9. The van der Waals surface area contributed by atoms with Crippen LogP contribution in [0.1, 0.15) is 0 Å². The molecule has 0 bridgehead atoms. The topological polar surface area (TPSA) is 0 Å². The number of benzene rings is 9. The summed E-state index contributed by atoms with van der Waals surface area (Å²) in [5.41, 5.74) is 10.0. The summed E-state index contributed by atoms with van der Waals surface area (Å²) in [5, 5.41) is 10.1. The number of rotatable bonds is 4. The molecule has 0 spiro atoms. The Morgan fingerprint density at radius 1 is 0.217 bits per heavy atom. The van der Waals surface area contributed by atoms with E-state index < -0.39 is 0 Å². The minimum Gasteiger partial charge on any atom is -0.0622 e. The highest BCUT2D eigenvalue weighted by atomic mass is 14.2. The molecule has 0 radical (unpaired) electrons. The molecule has 0 amide bonds. The first kappa shape index (κ1) is 26.4. The molecule has 0 aliphatic heterocycles. The molecule has 46 heavy (non-hydrogen) atoms. The largest absolute Gasteiger partial charge is 0.0622 e. The molecule has 0 aromatic heterocycles. The van der Waals surface area contributed by atoms with Crippen molar-refractivity contribution in [2.75, 3.05) is 0 Å². The van der Waals surface area contributed by atoms with E-state index in [-0.39, 0.29) is 0 Å². The number of fused-ring (bicyclic) bond motifs is 4. The zero-order valence-corrected chi connectivity index (χ0v) is 25.3. The molecule has 0 nitrogen and oxygen atoms in total. The van der Waals surface area contributed by atoms with Crippen LogP contribution in [0, 0.1) is 0 Å². The van der Waals surface area contributed by atoms with Crippen LogP contribution in [0.4, 0.5) is 0 Å². The fourth-order valence-electron chi connectivity index (χ4n) is 7.42. The fourth-order valence-corrected chi connectivity index (χ4v) is 7.42. The monoisotopic (exact) mass is 582 g/mol. The second-order valence-corrected chi connectivity index (χ2v) is 12.0. The Kier molecular flexibility index (Phi) is 6.25. The SMILES string of the molecule is c1ccc(-c2cccc(-c3c4ccccc4c(-c4c(-c5cccc6ccccc56)ccc5ccccc45)c4ccccc34)c2)cc1. The molecule has 0 aliphatic carbocycles. The van der Waals surface area contributed by atoms with Gasteiger partial charge >= 0.3 is 0 Å². The summed E-state index contributed by atoms with van der Waals surface area (Å²) in [6, 6.07) is 66.5. The maximum absolute atomic E-state index is 2.35. The minimum atomic E-state index is 1.22. The molecule has 0 aliphatic rings. The lowest BCUT2D eigenvalue weighted by Gasteiger charge is -2.22. The van der Waals surface area contributed by atoms with Crippen molar-refractivity contribution in [2.24, 2.45) is 0 Å². The third-order valence-electron chi connectivity index (χ3n) is 9.45. The Morgan fingerprint density at radius 3 is 1.39 bits per heavy atom. The van der Waals surface area contributed by atoms with Crippen LogP contribution in [-0.4, -0.2) is 0 Å². The van der Waals surface area contributed by atoms with E-state index in [0.717, 1.165) is 0 Å². The smallest absolute Gasteiger partial charge is 0.00139 e. The van der Waals surface area contributed by atoms with Gasteiger partial charge in [0, 0.05) is 0 Å². The van der Waals surface area contributed by atoms with E-state index in [1.165, 1.54) is 87.6 Å². The van der Waals surface area contributed by atoms with Crippen molar-refractivity contribution in [1.29, 1.82) is 0 Å². The van der Waals surface area contributed by atoms with Gasteiger partial charge in [0.2, 0.25) is 0 Å². The Hall–Kier alpha value is -5.98. The van der Waals surface area contributed by atoms with Crippen LogP contribution in [0.5, 0.6) is 0 Å². The van der Waals surface area contributed by atoms with Gasteiger partial charge in [-0.05, 0) is 93.7 Å². The zero-order valence-electron chi connectivity index (χ0n) is 25.3. The van der Waals surface area contributed by atoms with Gasteiger partial charge in [-0.1, -0.05) is 176 Å². The molecule has 9 aromatic carbocycles. The van der Waals surface area contributed by atoms with E-state index >= 15 is 0 Å². The average Bonchev–Trinajstić information content (AvgIpc) is 3.13. The molecule has 0 unspecified atom stereocenters. The lowest BCUT2D eigenvalue weighted by molar-refractivity contribution is 1.61. The maximum atomic E-state index is 2.35. The molecule has 0 heterocycles. The third-order valence-corrected chi connectivity index (χ3v) is 9.45. The minimum absolute atomic E-state index is 1.22. The van der Waals surface area contributed by atoms with Crippen LogP contribution < -0.4 is 0 Å². The van der Waals surface area contributed by atoms with E-state index in [2.05, 4.69) is 182 Å². The van der Waals surface area contributed by atoms with E-state index in [1.54, 1.807) is 0 Å². The van der Waals surface area contributed by atoms with Gasteiger partial charge in [-0.25, -0.2) is 0 Å². The summed E-state index contributed by atoms with van der Waals surface area (Å²) < 4.78 is 0. The number of hydrogen-bond acceptors (Lipinski definition) is 0. The molecule has 9 rings (SSSR count). The van der Waals surface area contributed by atoms with Gasteiger partial charge in [0.1, 0.15) is 0 Å². The van der Waals surface area contributed by atoms with E-state index in [9.17, 15) is 0 Å². The molecular weight excluding hydrogens is 553 g/mol. The summed E-state index contributed by atoms with van der Waals surface area (Å²) in [4.78, 5) is 0. The summed E-state index contributed by atoms with van der Waals surface area (Å²) in [5.74, 6) is 0. The van der Waals surface area contributed by atoms with E-state index in [4.69, 9.17) is 0 Å². The van der Waals surface area contributed by atoms with Crippen molar-refractivity contribution in [1.82, 2.24) is 0 Å². The second-order valence-electron chi connectivity index (χ2n) is 12.0. The molecular formula is C46H30. The Bertz CT molecular complexity index is 2510. The first-order valence-corrected chi connectivity index (χ1v) is 15.9. The molecule has 0 atom stereocenters. The van der Waals surface area contributed by atoms with Gasteiger partial charge in [0.15, 0.2) is 0 Å². The van der Waals surface area contributed by atoms with Crippen molar-refractivity contribution in [3.8, 4) is 44.5 Å². The molecule has 9 aromatic rings. The van der Waals surface area contributed by atoms with Crippen LogP contribution in [0.3, 0.4) is 0 Å². The van der Waals surface area contributed by atoms with Gasteiger partial charge in [-0.3, -0.25) is 0 Å². The highest BCUT2D eigenvalue weighted by Gasteiger charge is 2.21. The molecule has 0 saturated carbocycles. The average molecular weight is 583 g/mol. The highest BCUT2D eigenvalue weighted by Crippen LogP contribution is 2.49. The summed E-state index contributed by atoms with van der Waals surface area (Å²) in [6.07, 6.45) is 0. The lowest BCUT2D eigenvalue weighted by Crippen LogP contribution is -1.94. The first-order chi connectivity index (χ1) is 22.8. The standard InChI is InChI=1S/C46H30/c1-2-14-31(15-3-1)34-19-12-20-35(30-34)44-39-23-8-10-25-41(39)46(42-26-11-9-24-40(42)44)45-37-22-7-5-17-33(37)28-29-43(45)38-27-13-18-32-16-4-6-21-36(32)38/h1-30H. The molecule has 214 valence electrons. The maximum Gasteiger partial charge on any atom is -0.00139 e. The third kappa shape index (κ3) is 4.23. The van der Waals surface area contributed by atoms with Gasteiger partial charge < -0.3 is 0 Å². The predicted octanol–water partition coefficient (Wildman–Crippen LogP) is 13.0. The van der Waals surface area contributed by atoms with Crippen molar-refractivity contribution in [3.05, 3.63) is 182 Å². The Labute approximate surface area is 268 Å². The van der Waals surface area contributed by atoms with Gasteiger partial charge in [0.05, 0.1) is 0 Å². The molecule has 0 heteroatoms. The normalized spacial score (nSPS) is 11.5. The predicted molar refractivity (Wildman–Crippen MR) is 198 cm³/mol. The number of hydrogen-bond donors (Lipinski definition) is 0. The Balaban J connectivity index is 1.42. The Morgan fingerprint density at radius 2 is 0.696 bits per heavy atom. The van der Waals surface area contributed by atoms with Crippen LogP contribution in [-0.2, 0) is 0 Å². The van der Waals surface area contributed by atoms with Crippen molar-refractivity contribution in [2.45, 2.75) is 0 Å². The van der Waals surface area contributed by atoms with E-state index in [0.29, 0.717) is 0 Å². The quantitative estimate of drug-likeness (QED) is 0.181. The van der Waals surface area contributed by atoms with Gasteiger partial charge in [-0.2, -0.15) is 0 Å². The van der Waals surface area contributed by atoms with Crippen LogP contribution in [0.15, 0.2) is 182 Å². The van der Waals surface area contributed by atoms with Gasteiger partial charge in [0.25, 0.3) is 0 Å². The van der Waals surface area contributed by atoms with E-state index in [1.807, 2.05) is 0 Å². The van der Waals surface area contributed by atoms with Crippen molar-refractivity contribution >= 4 is 43.1 Å². The highest BCUT2D eigenvalue weighted by molar-refractivity contribution is 6.25. The van der Waals surface area contributed by atoms with Crippen LogP contribution >= 0.6 is 0 Å². The summed E-state index contributed by atoms with van der Waals surface area (Å²) >= 11 is 0. The fraction of sp³-hybridized carbons (Fsp3) is 0. The summed E-state index contributed by atoms with van der Waals surface area (Å²) in [7, 11) is 0. The zero-order chi connectivity index (χ0) is 30.5. The second kappa shape index (κ2) is 10.9. The van der Waals surface area contributed by atoms with Crippen LogP contribution in [0.25, 0.3) is 87.6 Å². The lowest BCUT2D eigenvalue weighted by atomic mass is 9.81. The molecule has 0 N–H and O–H groups in total. The molecule has 0 saturated heterocycles. The van der Waals surface area contributed by atoms with Crippen LogP contribution in [0.2, 0.25) is 0 Å².